The summed E-state index contributed by atoms with van der Waals surface area (Å²) in [6.45, 7) is 8.74. The van der Waals surface area contributed by atoms with Crippen LogP contribution < -0.4 is 10.6 Å². The molecule has 4 heteroatoms. The molecule has 18 heavy (non-hydrogen) atoms. The van der Waals surface area contributed by atoms with E-state index < -0.39 is 0 Å². The summed E-state index contributed by atoms with van der Waals surface area (Å²) in [7, 11) is 0. The number of phenolic OH excluding ortho intramolecular Hbond substituents is 1. The van der Waals surface area contributed by atoms with Gasteiger partial charge in [-0.3, -0.25) is 4.79 Å². The molecule has 100 valence electrons. The molecule has 0 aliphatic rings. The Balaban J connectivity index is 2.61. The Bertz CT molecular complexity index is 407. The number of carbonyl (C=O) groups is 1. The van der Waals surface area contributed by atoms with Crippen molar-refractivity contribution in [3.05, 3.63) is 28.8 Å². The normalized spacial score (nSPS) is 12.2. The van der Waals surface area contributed by atoms with Crippen LogP contribution in [-0.2, 0) is 11.3 Å². The van der Waals surface area contributed by atoms with Crippen molar-refractivity contribution in [2.45, 2.75) is 40.3 Å². The van der Waals surface area contributed by atoms with Crippen molar-refractivity contribution in [2.75, 3.05) is 6.54 Å². The highest BCUT2D eigenvalue weighted by molar-refractivity contribution is 5.81. The maximum Gasteiger partial charge on any atom is 0.236 e. The van der Waals surface area contributed by atoms with E-state index in [9.17, 15) is 9.90 Å². The highest BCUT2D eigenvalue weighted by atomic mass is 16.3. The van der Waals surface area contributed by atoms with Crippen LogP contribution in [0.1, 0.15) is 30.5 Å². The third-order valence-corrected chi connectivity index (χ3v) is 2.91. The number of hydrogen-bond donors (Lipinski definition) is 3. The summed E-state index contributed by atoms with van der Waals surface area (Å²) >= 11 is 0. The molecule has 0 saturated heterocycles. The molecule has 0 aliphatic heterocycles. The van der Waals surface area contributed by atoms with E-state index in [-0.39, 0.29) is 11.9 Å². The highest BCUT2D eigenvalue weighted by Crippen LogP contribution is 2.22. The van der Waals surface area contributed by atoms with Gasteiger partial charge in [-0.05, 0) is 44.4 Å². The molecule has 0 bridgehead atoms. The van der Waals surface area contributed by atoms with Gasteiger partial charge < -0.3 is 15.7 Å². The molecule has 1 unspecified atom stereocenters. The van der Waals surface area contributed by atoms with Gasteiger partial charge in [-0.1, -0.05) is 12.1 Å². The largest absolute Gasteiger partial charge is 0.507 e. The minimum Gasteiger partial charge on any atom is -0.507 e. The first-order valence-electron chi connectivity index (χ1n) is 6.25. The second-order valence-corrected chi connectivity index (χ2v) is 4.58. The van der Waals surface area contributed by atoms with E-state index in [1.165, 1.54) is 0 Å². The number of aromatic hydroxyl groups is 1. The molecule has 0 saturated carbocycles. The Kier molecular flexibility index (Phi) is 5.16. The predicted molar refractivity (Wildman–Crippen MR) is 72.6 cm³/mol. The minimum atomic E-state index is -0.223. The monoisotopic (exact) mass is 250 g/mol. The third-order valence-electron chi connectivity index (χ3n) is 2.91. The van der Waals surface area contributed by atoms with Crippen LogP contribution >= 0.6 is 0 Å². The van der Waals surface area contributed by atoms with Crippen LogP contribution in [0.4, 0.5) is 0 Å². The van der Waals surface area contributed by atoms with Gasteiger partial charge in [0, 0.05) is 13.1 Å². The quantitative estimate of drug-likeness (QED) is 0.744. The van der Waals surface area contributed by atoms with Crippen molar-refractivity contribution in [3.8, 4) is 5.75 Å². The second-order valence-electron chi connectivity index (χ2n) is 4.58. The SMILES string of the molecule is CCNC(=O)C(C)NCc1cc(C)c(O)c(C)c1. The molecule has 1 rings (SSSR count). The lowest BCUT2D eigenvalue weighted by atomic mass is 10.1. The van der Waals surface area contributed by atoms with Gasteiger partial charge in [0.2, 0.25) is 5.91 Å². The molecular formula is C14H22N2O2. The van der Waals surface area contributed by atoms with Crippen molar-refractivity contribution in [2.24, 2.45) is 0 Å². The van der Waals surface area contributed by atoms with Crippen LogP contribution in [0.2, 0.25) is 0 Å². The van der Waals surface area contributed by atoms with Crippen LogP contribution in [0.15, 0.2) is 12.1 Å². The Labute approximate surface area is 108 Å². The summed E-state index contributed by atoms with van der Waals surface area (Å²) in [4.78, 5) is 11.5. The zero-order valence-electron chi connectivity index (χ0n) is 11.5. The lowest BCUT2D eigenvalue weighted by Crippen LogP contribution is -2.41. The molecule has 1 aromatic rings. The first-order valence-corrected chi connectivity index (χ1v) is 6.25. The number of aryl methyl sites for hydroxylation is 2. The van der Waals surface area contributed by atoms with Gasteiger partial charge in [-0.2, -0.15) is 0 Å². The van der Waals surface area contributed by atoms with Gasteiger partial charge >= 0.3 is 0 Å². The molecule has 1 aromatic carbocycles. The summed E-state index contributed by atoms with van der Waals surface area (Å²) in [6.07, 6.45) is 0. The van der Waals surface area contributed by atoms with Crippen LogP contribution in [0.3, 0.4) is 0 Å². The van der Waals surface area contributed by atoms with E-state index in [4.69, 9.17) is 0 Å². The lowest BCUT2D eigenvalue weighted by molar-refractivity contribution is -0.122. The zero-order chi connectivity index (χ0) is 13.7. The molecule has 4 nitrogen and oxygen atoms in total. The van der Waals surface area contributed by atoms with Gasteiger partial charge in [-0.15, -0.1) is 0 Å². The average Bonchev–Trinajstić information content (AvgIpc) is 2.33. The first-order chi connectivity index (χ1) is 8.45. The molecule has 0 aromatic heterocycles. The fraction of sp³-hybridized carbons (Fsp3) is 0.500. The number of carbonyl (C=O) groups excluding carboxylic acids is 1. The van der Waals surface area contributed by atoms with Gasteiger partial charge in [0.05, 0.1) is 6.04 Å². The van der Waals surface area contributed by atoms with E-state index in [2.05, 4.69) is 10.6 Å². The molecule has 1 amide bonds. The number of hydrogen-bond acceptors (Lipinski definition) is 3. The minimum absolute atomic E-state index is 0.00437. The number of nitrogens with one attached hydrogen (secondary N) is 2. The number of rotatable bonds is 5. The summed E-state index contributed by atoms with van der Waals surface area (Å²) in [5.41, 5.74) is 2.79. The second kappa shape index (κ2) is 6.40. The standard InChI is InChI=1S/C14H22N2O2/c1-5-15-14(18)11(4)16-8-12-6-9(2)13(17)10(3)7-12/h6-7,11,16-17H,5,8H2,1-4H3,(H,15,18). The fourth-order valence-electron chi connectivity index (χ4n) is 1.84. The Morgan fingerprint density at radius 1 is 1.33 bits per heavy atom. The van der Waals surface area contributed by atoms with Crippen LogP contribution in [0.5, 0.6) is 5.75 Å². The van der Waals surface area contributed by atoms with Crippen molar-refractivity contribution < 1.29 is 9.90 Å². The van der Waals surface area contributed by atoms with Crippen LogP contribution in [-0.4, -0.2) is 23.6 Å². The number of amides is 1. The summed E-state index contributed by atoms with van der Waals surface area (Å²) in [5.74, 6) is 0.347. The average molecular weight is 250 g/mol. The summed E-state index contributed by atoms with van der Waals surface area (Å²) in [6, 6.07) is 3.64. The van der Waals surface area contributed by atoms with Gasteiger partial charge in [0.15, 0.2) is 0 Å². The lowest BCUT2D eigenvalue weighted by Gasteiger charge is -2.14. The third kappa shape index (κ3) is 3.74. The number of likely N-dealkylation sites (N-methyl/N-ethyl adjacent to an activating group) is 1. The first kappa shape index (κ1) is 14.5. The van der Waals surface area contributed by atoms with Gasteiger partial charge in [-0.25, -0.2) is 0 Å². The molecular weight excluding hydrogens is 228 g/mol. The topological polar surface area (TPSA) is 61.4 Å². The molecule has 0 aliphatic carbocycles. The van der Waals surface area contributed by atoms with Crippen LogP contribution in [0, 0.1) is 13.8 Å². The number of phenols is 1. The van der Waals surface area contributed by atoms with E-state index in [1.54, 1.807) is 0 Å². The molecule has 1 atom stereocenters. The van der Waals surface area contributed by atoms with Crippen LogP contribution in [0.25, 0.3) is 0 Å². The molecule has 0 spiro atoms. The Morgan fingerprint density at radius 3 is 2.39 bits per heavy atom. The van der Waals surface area contributed by atoms with Crippen molar-refractivity contribution in [1.29, 1.82) is 0 Å². The Hall–Kier alpha value is -1.55. The van der Waals surface area contributed by atoms with Crippen molar-refractivity contribution in [1.82, 2.24) is 10.6 Å². The predicted octanol–water partition coefficient (Wildman–Crippen LogP) is 1.62. The van der Waals surface area contributed by atoms with E-state index in [0.29, 0.717) is 18.8 Å². The van der Waals surface area contributed by atoms with E-state index in [1.807, 2.05) is 39.8 Å². The Morgan fingerprint density at radius 2 is 1.89 bits per heavy atom. The smallest absolute Gasteiger partial charge is 0.236 e. The van der Waals surface area contributed by atoms with Crippen molar-refractivity contribution in [3.63, 3.8) is 0 Å². The molecule has 0 heterocycles. The van der Waals surface area contributed by atoms with E-state index >= 15 is 0 Å². The van der Waals surface area contributed by atoms with Crippen molar-refractivity contribution >= 4 is 5.91 Å². The maximum absolute atomic E-state index is 11.5. The van der Waals surface area contributed by atoms with Gasteiger partial charge in [0.1, 0.15) is 5.75 Å². The van der Waals surface area contributed by atoms with Gasteiger partial charge in [0.25, 0.3) is 0 Å². The van der Waals surface area contributed by atoms with E-state index in [0.717, 1.165) is 16.7 Å². The zero-order valence-corrected chi connectivity index (χ0v) is 11.5. The molecule has 0 radical (unpaired) electrons. The highest BCUT2D eigenvalue weighted by Gasteiger charge is 2.11. The molecule has 0 fully saturated rings. The fourth-order valence-corrected chi connectivity index (χ4v) is 1.84. The summed E-state index contributed by atoms with van der Waals surface area (Å²) in [5, 5.41) is 15.6. The molecule has 3 N–H and O–H groups in total. The maximum atomic E-state index is 11.5. The summed E-state index contributed by atoms with van der Waals surface area (Å²) < 4.78 is 0. The number of benzene rings is 1.